The van der Waals surface area contributed by atoms with Crippen LogP contribution in [0, 0.1) is 0 Å². The Morgan fingerprint density at radius 1 is 1.03 bits per heavy atom. The monoisotopic (exact) mass is 409 g/mol. The summed E-state index contributed by atoms with van der Waals surface area (Å²) in [5.41, 5.74) is 7.76. The summed E-state index contributed by atoms with van der Waals surface area (Å²) in [5, 5.41) is 5.35. The Morgan fingerprint density at radius 2 is 1.80 bits per heavy atom. The van der Waals surface area contributed by atoms with Gasteiger partial charge in [0.15, 0.2) is 0 Å². The van der Waals surface area contributed by atoms with Gasteiger partial charge in [0, 0.05) is 38.8 Å². The average molecular weight is 410 g/mol. The molecule has 2 aromatic carbocycles. The summed E-state index contributed by atoms with van der Waals surface area (Å²) in [6, 6.07) is 14.6. The molecule has 2 aliphatic heterocycles. The van der Waals surface area contributed by atoms with Crippen molar-refractivity contribution in [1.82, 2.24) is 26.0 Å². The number of benzene rings is 2. The van der Waals surface area contributed by atoms with E-state index in [4.69, 9.17) is 0 Å². The predicted octanol–water partition coefficient (Wildman–Crippen LogP) is 1.42. The van der Waals surface area contributed by atoms with Crippen LogP contribution in [0.5, 0.6) is 0 Å². The SMILES string of the molecule is CCCNC(=O)CN1CCN(C(=O)C2CC(c3cccc4ccccc34)NN2)CC1. The van der Waals surface area contributed by atoms with Gasteiger partial charge in [0.05, 0.1) is 6.54 Å². The summed E-state index contributed by atoms with van der Waals surface area (Å²) in [7, 11) is 0. The summed E-state index contributed by atoms with van der Waals surface area (Å²) in [6.07, 6.45) is 1.67. The van der Waals surface area contributed by atoms with Gasteiger partial charge < -0.3 is 10.2 Å². The molecule has 2 heterocycles. The van der Waals surface area contributed by atoms with E-state index in [-0.39, 0.29) is 23.9 Å². The van der Waals surface area contributed by atoms with E-state index >= 15 is 0 Å². The lowest BCUT2D eigenvalue weighted by Crippen LogP contribution is -2.54. The van der Waals surface area contributed by atoms with Crippen LogP contribution in [-0.2, 0) is 9.59 Å². The van der Waals surface area contributed by atoms with Crippen LogP contribution < -0.4 is 16.2 Å². The highest BCUT2D eigenvalue weighted by atomic mass is 16.2. The first-order chi connectivity index (χ1) is 14.7. The third kappa shape index (κ3) is 4.64. The molecule has 7 heteroatoms. The van der Waals surface area contributed by atoms with Gasteiger partial charge in [-0.2, -0.15) is 0 Å². The average Bonchev–Trinajstić information content (AvgIpc) is 3.27. The molecule has 2 unspecified atom stereocenters. The van der Waals surface area contributed by atoms with E-state index in [1.54, 1.807) is 0 Å². The smallest absolute Gasteiger partial charge is 0.241 e. The Labute approximate surface area is 177 Å². The van der Waals surface area contributed by atoms with Gasteiger partial charge in [-0.25, -0.2) is 10.9 Å². The van der Waals surface area contributed by atoms with Crippen molar-refractivity contribution in [2.75, 3.05) is 39.3 Å². The van der Waals surface area contributed by atoms with Crippen molar-refractivity contribution in [3.05, 3.63) is 48.0 Å². The maximum Gasteiger partial charge on any atom is 0.241 e. The van der Waals surface area contributed by atoms with E-state index in [0.717, 1.165) is 32.5 Å². The zero-order valence-electron chi connectivity index (χ0n) is 17.6. The van der Waals surface area contributed by atoms with Crippen LogP contribution in [-0.4, -0.2) is 66.9 Å². The van der Waals surface area contributed by atoms with Crippen molar-refractivity contribution >= 4 is 22.6 Å². The molecule has 7 nitrogen and oxygen atoms in total. The van der Waals surface area contributed by atoms with Crippen molar-refractivity contribution in [2.24, 2.45) is 0 Å². The number of hydrazine groups is 1. The van der Waals surface area contributed by atoms with E-state index in [9.17, 15) is 9.59 Å². The summed E-state index contributed by atoms with van der Waals surface area (Å²) in [6.45, 7) is 5.97. The van der Waals surface area contributed by atoms with Gasteiger partial charge in [-0.05, 0) is 29.2 Å². The normalized spacial score (nSPS) is 22.4. The fourth-order valence-corrected chi connectivity index (χ4v) is 4.35. The van der Waals surface area contributed by atoms with Gasteiger partial charge >= 0.3 is 0 Å². The molecule has 2 aliphatic rings. The number of hydrogen-bond acceptors (Lipinski definition) is 5. The molecule has 3 N–H and O–H groups in total. The van der Waals surface area contributed by atoms with Crippen LogP contribution in [0.1, 0.15) is 31.4 Å². The van der Waals surface area contributed by atoms with Gasteiger partial charge in [-0.3, -0.25) is 14.5 Å². The summed E-state index contributed by atoms with van der Waals surface area (Å²) in [4.78, 5) is 29.0. The number of carbonyl (C=O) groups is 2. The molecule has 160 valence electrons. The number of fused-ring (bicyclic) bond motifs is 1. The van der Waals surface area contributed by atoms with Gasteiger partial charge in [0.2, 0.25) is 11.8 Å². The molecule has 0 aliphatic carbocycles. The van der Waals surface area contributed by atoms with Gasteiger partial charge in [-0.1, -0.05) is 49.4 Å². The van der Waals surface area contributed by atoms with Crippen LogP contribution in [0.3, 0.4) is 0 Å². The molecule has 2 saturated heterocycles. The molecular formula is C23H31N5O2. The molecule has 0 radical (unpaired) electrons. The Hall–Kier alpha value is -2.48. The van der Waals surface area contributed by atoms with Gasteiger partial charge in [0.1, 0.15) is 6.04 Å². The van der Waals surface area contributed by atoms with Gasteiger partial charge in [-0.15, -0.1) is 0 Å². The van der Waals surface area contributed by atoms with E-state index in [1.165, 1.54) is 16.3 Å². The number of amides is 2. The maximum absolute atomic E-state index is 13.0. The van der Waals surface area contributed by atoms with Crippen LogP contribution in [0.15, 0.2) is 42.5 Å². The number of rotatable bonds is 6. The number of nitrogens with zero attached hydrogens (tertiary/aromatic N) is 2. The van der Waals surface area contributed by atoms with E-state index < -0.39 is 0 Å². The topological polar surface area (TPSA) is 76.7 Å². The van der Waals surface area contributed by atoms with Crippen molar-refractivity contribution < 1.29 is 9.59 Å². The highest BCUT2D eigenvalue weighted by Crippen LogP contribution is 2.29. The zero-order valence-corrected chi connectivity index (χ0v) is 17.6. The second-order valence-electron chi connectivity index (χ2n) is 8.15. The lowest BCUT2D eigenvalue weighted by atomic mass is 9.96. The summed E-state index contributed by atoms with van der Waals surface area (Å²) >= 11 is 0. The molecule has 2 fully saturated rings. The minimum Gasteiger partial charge on any atom is -0.355 e. The van der Waals surface area contributed by atoms with E-state index in [2.05, 4.69) is 57.5 Å². The number of nitrogens with one attached hydrogen (secondary N) is 3. The Balaban J connectivity index is 1.31. The first kappa shape index (κ1) is 20.8. The fourth-order valence-electron chi connectivity index (χ4n) is 4.35. The predicted molar refractivity (Wildman–Crippen MR) is 118 cm³/mol. The largest absolute Gasteiger partial charge is 0.355 e. The van der Waals surface area contributed by atoms with E-state index in [0.29, 0.717) is 19.6 Å². The number of carbonyl (C=O) groups excluding carboxylic acids is 2. The highest BCUT2D eigenvalue weighted by Gasteiger charge is 2.34. The second-order valence-corrected chi connectivity index (χ2v) is 8.15. The van der Waals surface area contributed by atoms with Crippen LogP contribution in [0.2, 0.25) is 0 Å². The van der Waals surface area contributed by atoms with Crippen molar-refractivity contribution in [3.63, 3.8) is 0 Å². The molecule has 0 spiro atoms. The Bertz CT molecular complexity index is 889. The highest BCUT2D eigenvalue weighted by molar-refractivity contribution is 5.87. The molecule has 0 aromatic heterocycles. The fraction of sp³-hybridized carbons (Fsp3) is 0.478. The Morgan fingerprint density at radius 3 is 2.60 bits per heavy atom. The number of piperazine rings is 1. The summed E-state index contributed by atoms with van der Waals surface area (Å²) in [5.74, 6) is 0.205. The molecule has 30 heavy (non-hydrogen) atoms. The van der Waals surface area contributed by atoms with Crippen LogP contribution in [0.25, 0.3) is 10.8 Å². The molecular weight excluding hydrogens is 378 g/mol. The minimum atomic E-state index is -0.228. The maximum atomic E-state index is 13.0. The third-order valence-corrected chi connectivity index (χ3v) is 6.02. The van der Waals surface area contributed by atoms with E-state index in [1.807, 2.05) is 17.9 Å². The minimum absolute atomic E-state index is 0.0659. The molecule has 0 bridgehead atoms. The van der Waals surface area contributed by atoms with Crippen LogP contribution >= 0.6 is 0 Å². The van der Waals surface area contributed by atoms with Gasteiger partial charge in [0.25, 0.3) is 0 Å². The first-order valence-corrected chi connectivity index (χ1v) is 10.9. The molecule has 2 amide bonds. The summed E-state index contributed by atoms with van der Waals surface area (Å²) < 4.78 is 0. The van der Waals surface area contributed by atoms with Crippen molar-refractivity contribution in [3.8, 4) is 0 Å². The van der Waals surface area contributed by atoms with Crippen molar-refractivity contribution in [1.29, 1.82) is 0 Å². The Kier molecular flexibility index (Phi) is 6.62. The first-order valence-electron chi connectivity index (χ1n) is 10.9. The molecule has 2 aromatic rings. The number of hydrogen-bond donors (Lipinski definition) is 3. The molecule has 4 rings (SSSR count). The third-order valence-electron chi connectivity index (χ3n) is 6.02. The molecule has 2 atom stereocenters. The quantitative estimate of drug-likeness (QED) is 0.673. The standard InChI is InChI=1S/C23H31N5O2/c1-2-10-24-22(29)16-27-11-13-28(14-12-27)23(30)21-15-20(25-26-21)19-9-5-7-17-6-3-4-8-18(17)19/h3-9,20-21,25-26H,2,10-16H2,1H3,(H,24,29). The lowest BCUT2D eigenvalue weighted by molar-refractivity contribution is -0.135. The lowest BCUT2D eigenvalue weighted by Gasteiger charge is -2.35. The molecule has 0 saturated carbocycles. The second kappa shape index (κ2) is 9.55. The van der Waals surface area contributed by atoms with Crippen molar-refractivity contribution in [2.45, 2.75) is 31.8 Å². The zero-order chi connectivity index (χ0) is 20.9. The van der Waals surface area contributed by atoms with Crippen LogP contribution in [0.4, 0.5) is 0 Å².